The number of pyridine rings is 1. The molecule has 1 saturated carbocycles. The number of cyclic esters (lactones) is 1. The van der Waals surface area contributed by atoms with Crippen molar-refractivity contribution in [2.75, 3.05) is 6.54 Å². The average Bonchev–Trinajstić information content (AvgIpc) is 3.06. The maximum absolute atomic E-state index is 15.4. The van der Waals surface area contributed by atoms with Gasteiger partial charge in [-0.25, -0.2) is 8.78 Å². The van der Waals surface area contributed by atoms with Crippen LogP contribution in [0.2, 0.25) is 0 Å². The van der Waals surface area contributed by atoms with Crippen molar-refractivity contribution < 1.29 is 18.3 Å². The number of nitrogens with zero attached hydrogens (tertiary/aromatic N) is 2. The molecule has 1 N–H and O–H groups in total. The van der Waals surface area contributed by atoms with Gasteiger partial charge in [0.05, 0.1) is 17.3 Å². The van der Waals surface area contributed by atoms with E-state index < -0.39 is 47.7 Å². The van der Waals surface area contributed by atoms with Crippen LogP contribution in [0.25, 0.3) is 17.2 Å². The predicted octanol–water partition coefficient (Wildman–Crippen LogP) is 5.86. The Hall–Kier alpha value is -3.11. The first-order valence-corrected chi connectivity index (χ1v) is 12.4. The van der Waals surface area contributed by atoms with Gasteiger partial charge in [0, 0.05) is 42.1 Å². The number of ether oxygens (including phenoxy) is 1. The summed E-state index contributed by atoms with van der Waals surface area (Å²) in [6, 6.07) is 13.1. The lowest BCUT2D eigenvalue weighted by Crippen LogP contribution is -2.65. The molecule has 5 atom stereocenters. The molecule has 0 amide bonds. The maximum atomic E-state index is 15.4. The SMILES string of the molecule is C[C@H]1OC(=O)[C@]2(NCC(C)(C)C)CC(F)(F)[C@@H](C)[C@H](/C=C/c3ccc(-c4ccccc4C#N)cn3)[C@H]12. The number of halogens is 2. The molecule has 2 aromatic rings. The number of rotatable bonds is 5. The molecule has 1 saturated heterocycles. The van der Waals surface area contributed by atoms with Crippen LogP contribution in [-0.2, 0) is 9.53 Å². The number of allylic oxidation sites excluding steroid dienone is 1. The lowest BCUT2D eigenvalue weighted by molar-refractivity contribution is -0.160. The van der Waals surface area contributed by atoms with Crippen LogP contribution in [0.4, 0.5) is 8.78 Å². The molecule has 0 unspecified atom stereocenters. The standard InChI is InChI=1S/C29H33F2N3O2/c1-18-23(13-12-22-11-10-21(15-33-22)24-9-7-6-8-20(24)14-32)25-19(2)36-26(35)28(25,16-29(18,30)31)34-17-27(3,4)5/h6-13,15,18-19,23,25,34H,16-17H2,1-5H3/b13-12+/t18-,19+,23-,25-,28-/m0/s1. The van der Waals surface area contributed by atoms with E-state index in [1.165, 1.54) is 0 Å². The van der Waals surface area contributed by atoms with Crippen LogP contribution >= 0.6 is 0 Å². The minimum Gasteiger partial charge on any atom is -0.461 e. The van der Waals surface area contributed by atoms with E-state index in [0.717, 1.165) is 11.1 Å². The van der Waals surface area contributed by atoms with Crippen LogP contribution in [0.1, 0.15) is 52.3 Å². The average molecular weight is 494 g/mol. The number of hydrogen-bond donors (Lipinski definition) is 1. The van der Waals surface area contributed by atoms with E-state index in [0.29, 0.717) is 17.8 Å². The molecule has 36 heavy (non-hydrogen) atoms. The van der Waals surface area contributed by atoms with E-state index in [9.17, 15) is 10.1 Å². The fourth-order valence-electron chi connectivity index (χ4n) is 5.51. The van der Waals surface area contributed by atoms with Crippen LogP contribution in [0.5, 0.6) is 0 Å². The zero-order valence-corrected chi connectivity index (χ0v) is 21.4. The van der Waals surface area contributed by atoms with Crippen LogP contribution in [0.15, 0.2) is 48.7 Å². The number of esters is 1. The third-order valence-corrected chi connectivity index (χ3v) is 7.47. The number of alkyl halides is 2. The third kappa shape index (κ3) is 4.79. The van der Waals surface area contributed by atoms with Crippen LogP contribution in [0, 0.1) is 34.5 Å². The first-order chi connectivity index (χ1) is 16.9. The summed E-state index contributed by atoms with van der Waals surface area (Å²) >= 11 is 0. The van der Waals surface area contributed by atoms with Crippen molar-refractivity contribution in [3.05, 3.63) is 59.9 Å². The minimum absolute atomic E-state index is 0.190. The highest BCUT2D eigenvalue weighted by atomic mass is 19.3. The van der Waals surface area contributed by atoms with Crippen molar-refractivity contribution in [1.29, 1.82) is 5.26 Å². The summed E-state index contributed by atoms with van der Waals surface area (Å²) in [5, 5.41) is 12.6. The summed E-state index contributed by atoms with van der Waals surface area (Å²) in [4.78, 5) is 17.5. The molecule has 0 radical (unpaired) electrons. The van der Waals surface area contributed by atoms with Crippen molar-refractivity contribution in [3.63, 3.8) is 0 Å². The van der Waals surface area contributed by atoms with Gasteiger partial charge in [0.2, 0.25) is 0 Å². The van der Waals surface area contributed by atoms with Gasteiger partial charge in [-0.2, -0.15) is 5.26 Å². The third-order valence-electron chi connectivity index (χ3n) is 7.47. The van der Waals surface area contributed by atoms with Crippen LogP contribution < -0.4 is 5.32 Å². The van der Waals surface area contributed by atoms with E-state index in [4.69, 9.17) is 4.74 Å². The number of benzene rings is 1. The normalized spacial score (nSPS) is 29.6. The highest BCUT2D eigenvalue weighted by Crippen LogP contribution is 2.55. The van der Waals surface area contributed by atoms with Crippen molar-refractivity contribution in [3.8, 4) is 17.2 Å². The van der Waals surface area contributed by atoms with E-state index >= 15 is 8.78 Å². The van der Waals surface area contributed by atoms with E-state index in [1.807, 2.05) is 45.0 Å². The molecule has 1 aliphatic carbocycles. The summed E-state index contributed by atoms with van der Waals surface area (Å²) in [5.41, 5.74) is 1.13. The van der Waals surface area contributed by atoms with Crippen molar-refractivity contribution in [2.45, 2.75) is 58.6 Å². The summed E-state index contributed by atoms with van der Waals surface area (Å²) < 4.78 is 36.3. The first-order valence-electron chi connectivity index (χ1n) is 12.4. The smallest absolute Gasteiger partial charge is 0.327 e. The van der Waals surface area contributed by atoms with Crippen molar-refractivity contribution in [1.82, 2.24) is 10.3 Å². The first kappa shape index (κ1) is 26.0. The molecule has 2 heterocycles. The Labute approximate surface area is 211 Å². The molecule has 0 bridgehead atoms. The second-order valence-corrected chi connectivity index (χ2v) is 11.3. The number of hydrogen-bond acceptors (Lipinski definition) is 5. The highest BCUT2D eigenvalue weighted by molar-refractivity contribution is 5.84. The Bertz CT molecular complexity index is 1200. The monoisotopic (exact) mass is 493 g/mol. The molecule has 190 valence electrons. The quantitative estimate of drug-likeness (QED) is 0.528. The predicted molar refractivity (Wildman–Crippen MR) is 135 cm³/mol. The fraction of sp³-hybridized carbons (Fsp3) is 0.483. The molecular formula is C29H33F2N3O2. The topological polar surface area (TPSA) is 75.0 Å². The van der Waals surface area contributed by atoms with Crippen molar-refractivity contribution in [2.24, 2.45) is 23.2 Å². The molecule has 4 rings (SSSR count). The van der Waals surface area contributed by atoms with E-state index in [1.54, 1.807) is 44.3 Å². The van der Waals surface area contributed by atoms with Gasteiger partial charge >= 0.3 is 5.97 Å². The molecule has 1 aromatic carbocycles. The molecule has 7 heteroatoms. The summed E-state index contributed by atoms with van der Waals surface area (Å²) in [5.74, 6) is -5.63. The second-order valence-electron chi connectivity index (χ2n) is 11.3. The van der Waals surface area contributed by atoms with E-state index in [-0.39, 0.29) is 5.41 Å². The molecule has 1 aromatic heterocycles. The molecule has 1 aliphatic heterocycles. The largest absolute Gasteiger partial charge is 0.461 e. The van der Waals surface area contributed by atoms with Gasteiger partial charge in [0.1, 0.15) is 11.6 Å². The molecule has 2 fully saturated rings. The summed E-state index contributed by atoms with van der Waals surface area (Å²) in [6.45, 7) is 9.76. The van der Waals surface area contributed by atoms with Crippen LogP contribution in [-0.4, -0.2) is 35.1 Å². The Balaban J connectivity index is 1.65. The molecular weight excluding hydrogens is 460 g/mol. The molecule has 2 aliphatic rings. The maximum Gasteiger partial charge on any atom is 0.327 e. The number of carbonyl (C=O) groups excluding carboxylic acids is 1. The number of nitriles is 1. The molecule has 5 nitrogen and oxygen atoms in total. The number of carbonyl (C=O) groups is 1. The Morgan fingerprint density at radius 2 is 1.94 bits per heavy atom. The highest BCUT2D eigenvalue weighted by Gasteiger charge is 2.68. The summed E-state index contributed by atoms with van der Waals surface area (Å²) in [6.07, 6.45) is 4.12. The van der Waals surface area contributed by atoms with Gasteiger partial charge in [0.25, 0.3) is 5.92 Å². The fourth-order valence-corrected chi connectivity index (χ4v) is 5.51. The van der Waals surface area contributed by atoms with Gasteiger partial charge in [0.15, 0.2) is 0 Å². The van der Waals surface area contributed by atoms with Crippen LogP contribution in [0.3, 0.4) is 0 Å². The lowest BCUT2D eigenvalue weighted by Gasteiger charge is -2.48. The minimum atomic E-state index is -3.04. The van der Waals surface area contributed by atoms with Crippen molar-refractivity contribution >= 4 is 12.0 Å². The number of aromatic nitrogens is 1. The van der Waals surface area contributed by atoms with Gasteiger partial charge < -0.3 is 10.1 Å². The van der Waals surface area contributed by atoms with Gasteiger partial charge in [-0.15, -0.1) is 0 Å². The lowest BCUT2D eigenvalue weighted by atomic mass is 9.60. The summed E-state index contributed by atoms with van der Waals surface area (Å²) in [7, 11) is 0. The van der Waals surface area contributed by atoms with E-state index in [2.05, 4.69) is 16.4 Å². The zero-order chi connectivity index (χ0) is 26.3. The molecule has 0 spiro atoms. The van der Waals surface area contributed by atoms with Gasteiger partial charge in [-0.3, -0.25) is 9.78 Å². The Morgan fingerprint density at radius 3 is 2.58 bits per heavy atom. The Kier molecular flexibility index (Phi) is 6.78. The zero-order valence-electron chi connectivity index (χ0n) is 21.4. The van der Waals surface area contributed by atoms with Gasteiger partial charge in [-0.05, 0) is 36.5 Å². The Morgan fingerprint density at radius 1 is 1.22 bits per heavy atom. The van der Waals surface area contributed by atoms with Gasteiger partial charge in [-0.1, -0.05) is 58.0 Å². The second kappa shape index (κ2) is 9.40. The number of fused-ring (bicyclic) bond motifs is 1. The number of nitrogens with one attached hydrogen (secondary N) is 1.